The Bertz CT molecular complexity index is 568. The Balaban J connectivity index is 0.000000344. The van der Waals surface area contributed by atoms with Gasteiger partial charge in [0.15, 0.2) is 0 Å². The molecule has 3 heteroatoms. The number of hydrogen-bond donors (Lipinski definition) is 0. The Morgan fingerprint density at radius 3 is 2.00 bits per heavy atom. The molecule has 0 N–H and O–H groups in total. The molecule has 0 aromatic heterocycles. The fraction of sp³-hybridized carbons (Fsp3) is 0.158. The molecule has 0 spiro atoms. The van der Waals surface area contributed by atoms with E-state index in [1.165, 1.54) is 10.8 Å². The molecule has 0 amide bonds. The second-order valence-corrected chi connectivity index (χ2v) is 9.31. The summed E-state index contributed by atoms with van der Waals surface area (Å²) < 4.78 is 6.10. The second kappa shape index (κ2) is 9.60. The Morgan fingerprint density at radius 1 is 0.909 bits per heavy atom. The van der Waals surface area contributed by atoms with Gasteiger partial charge in [0, 0.05) is 6.61 Å². The van der Waals surface area contributed by atoms with Gasteiger partial charge >= 0.3 is 17.1 Å². The van der Waals surface area contributed by atoms with Crippen molar-refractivity contribution in [3.63, 3.8) is 0 Å². The molecular formula is C19H22FeOSi. The van der Waals surface area contributed by atoms with Crippen LogP contribution in [0.1, 0.15) is 5.56 Å². The molecule has 0 saturated carbocycles. The summed E-state index contributed by atoms with van der Waals surface area (Å²) in [6.07, 6.45) is 0. The maximum atomic E-state index is 6.10. The van der Waals surface area contributed by atoms with E-state index in [1.54, 1.807) is 0 Å². The molecule has 0 bridgehead atoms. The van der Waals surface area contributed by atoms with Gasteiger partial charge in [-0.25, -0.2) is 24.3 Å². The van der Waals surface area contributed by atoms with Gasteiger partial charge in [-0.1, -0.05) is 30.3 Å². The predicted octanol–water partition coefficient (Wildman–Crippen LogP) is 4.44. The molecule has 0 atom stereocenters. The maximum Gasteiger partial charge on any atom is 2.00 e. The first-order valence-electron chi connectivity index (χ1n) is 7.25. The average Bonchev–Trinajstić information content (AvgIpc) is 3.22. The molecule has 0 heterocycles. The molecule has 0 saturated heterocycles. The number of benzene rings is 1. The van der Waals surface area contributed by atoms with Crippen molar-refractivity contribution in [1.29, 1.82) is 0 Å². The fourth-order valence-electron chi connectivity index (χ4n) is 2.02. The summed E-state index contributed by atoms with van der Waals surface area (Å²) >= 11 is 0. The summed E-state index contributed by atoms with van der Waals surface area (Å²) in [6.45, 7) is 5.21. The van der Waals surface area contributed by atoms with Crippen molar-refractivity contribution in [2.45, 2.75) is 19.7 Å². The number of rotatable bonds is 4. The predicted molar refractivity (Wildman–Crippen MR) is 92.4 cm³/mol. The summed E-state index contributed by atoms with van der Waals surface area (Å²) in [4.78, 5) is 0. The fourth-order valence-corrected chi connectivity index (χ4v) is 3.71. The number of hydrogen-bond acceptors (Lipinski definition) is 1. The molecular weight excluding hydrogens is 328 g/mol. The Morgan fingerprint density at radius 2 is 1.50 bits per heavy atom. The van der Waals surface area contributed by atoms with Gasteiger partial charge in [-0.05, 0) is 18.3 Å². The van der Waals surface area contributed by atoms with Crippen molar-refractivity contribution in [3.05, 3.63) is 90.5 Å². The Labute approximate surface area is 145 Å². The first-order chi connectivity index (χ1) is 10.2. The molecule has 1 nitrogen and oxygen atoms in total. The molecule has 3 aromatic rings. The first-order valence-corrected chi connectivity index (χ1v) is 10.2. The molecule has 0 aliphatic carbocycles. The normalized spacial score (nSPS) is 10.3. The summed E-state index contributed by atoms with van der Waals surface area (Å²) in [6, 6.07) is 28.8. The summed E-state index contributed by atoms with van der Waals surface area (Å²) in [5, 5.41) is 1.35. The summed E-state index contributed by atoms with van der Waals surface area (Å²) in [7, 11) is -1.74. The van der Waals surface area contributed by atoms with E-state index in [9.17, 15) is 0 Å². The molecule has 0 aliphatic rings. The van der Waals surface area contributed by atoms with Gasteiger partial charge in [0.05, 0.1) is 0 Å². The van der Waals surface area contributed by atoms with Crippen molar-refractivity contribution in [3.8, 4) is 0 Å². The van der Waals surface area contributed by atoms with E-state index in [1.807, 2.05) is 36.4 Å². The van der Waals surface area contributed by atoms with E-state index in [-0.39, 0.29) is 17.1 Å². The van der Waals surface area contributed by atoms with Gasteiger partial charge < -0.3 is 4.43 Å². The van der Waals surface area contributed by atoms with Crippen molar-refractivity contribution < 1.29 is 21.5 Å². The van der Waals surface area contributed by atoms with Crippen LogP contribution >= 0.6 is 0 Å². The SMILES string of the molecule is C[Si](C)(OC[c-]1cccc1)c1ccccc1.[Fe+2].c1cc[cH-]c1. The van der Waals surface area contributed by atoms with E-state index < -0.39 is 8.32 Å². The molecule has 3 aromatic carbocycles. The molecule has 116 valence electrons. The zero-order valence-electron chi connectivity index (χ0n) is 13.1. The van der Waals surface area contributed by atoms with Gasteiger partial charge in [0.2, 0.25) is 8.32 Å². The van der Waals surface area contributed by atoms with Gasteiger partial charge in [0.25, 0.3) is 0 Å². The van der Waals surface area contributed by atoms with E-state index in [4.69, 9.17) is 4.43 Å². The van der Waals surface area contributed by atoms with Crippen LogP contribution in [0.15, 0.2) is 84.9 Å². The van der Waals surface area contributed by atoms with Crippen LogP contribution in [0.25, 0.3) is 0 Å². The summed E-state index contributed by atoms with van der Waals surface area (Å²) in [5.74, 6) is 0. The van der Waals surface area contributed by atoms with Crippen LogP contribution in [0.3, 0.4) is 0 Å². The minimum Gasteiger partial charge on any atom is -0.420 e. The zero-order valence-corrected chi connectivity index (χ0v) is 15.2. The second-order valence-electron chi connectivity index (χ2n) is 5.42. The van der Waals surface area contributed by atoms with Crippen molar-refractivity contribution in [1.82, 2.24) is 0 Å². The first kappa shape index (κ1) is 18.7. The molecule has 0 radical (unpaired) electrons. The third-order valence-corrected chi connectivity index (χ3v) is 5.95. The Hall–Kier alpha value is -1.38. The molecule has 3 rings (SSSR count). The van der Waals surface area contributed by atoms with E-state index in [0.717, 1.165) is 6.61 Å². The van der Waals surface area contributed by atoms with Crippen LogP contribution in [-0.2, 0) is 28.1 Å². The third kappa shape index (κ3) is 6.16. The van der Waals surface area contributed by atoms with Crippen LogP contribution in [0.5, 0.6) is 0 Å². The van der Waals surface area contributed by atoms with Gasteiger partial charge in [-0.15, -0.1) is 5.56 Å². The van der Waals surface area contributed by atoms with Crippen molar-refractivity contribution >= 4 is 13.5 Å². The maximum absolute atomic E-state index is 6.10. The van der Waals surface area contributed by atoms with Crippen molar-refractivity contribution in [2.75, 3.05) is 0 Å². The monoisotopic (exact) mass is 350 g/mol. The smallest absolute Gasteiger partial charge is 0.420 e. The minimum atomic E-state index is -1.74. The van der Waals surface area contributed by atoms with Crippen LogP contribution in [0.4, 0.5) is 0 Å². The molecule has 0 aliphatic heterocycles. The van der Waals surface area contributed by atoms with Gasteiger partial charge in [0.1, 0.15) is 0 Å². The van der Waals surface area contributed by atoms with E-state index in [0.29, 0.717) is 0 Å². The van der Waals surface area contributed by atoms with Gasteiger partial charge in [-0.2, -0.15) is 30.3 Å². The quantitative estimate of drug-likeness (QED) is 0.499. The topological polar surface area (TPSA) is 9.23 Å². The Kier molecular flexibility index (Phi) is 8.14. The largest absolute Gasteiger partial charge is 2.00 e. The molecule has 22 heavy (non-hydrogen) atoms. The van der Waals surface area contributed by atoms with Crippen LogP contribution < -0.4 is 5.19 Å². The zero-order chi connectivity index (χ0) is 15.0. The van der Waals surface area contributed by atoms with Crippen LogP contribution in [0.2, 0.25) is 13.1 Å². The average molecular weight is 350 g/mol. The summed E-state index contributed by atoms with van der Waals surface area (Å²) in [5.41, 5.74) is 1.26. The van der Waals surface area contributed by atoms with E-state index in [2.05, 4.69) is 61.6 Å². The third-order valence-electron chi connectivity index (χ3n) is 3.36. The van der Waals surface area contributed by atoms with Crippen LogP contribution in [-0.4, -0.2) is 8.32 Å². The standard InChI is InChI=1S/C14H17OSi.C5H5.Fe/c1-16(2,14-10-4-3-5-11-14)15-12-13-8-6-7-9-13;1-2-4-5-3-1;/h3-11H,12H2,1-2H3;1-5H;/q2*-1;+2. The van der Waals surface area contributed by atoms with Gasteiger partial charge in [-0.3, -0.25) is 0 Å². The van der Waals surface area contributed by atoms with E-state index >= 15 is 0 Å². The van der Waals surface area contributed by atoms with Crippen LogP contribution in [0, 0.1) is 0 Å². The molecule has 0 unspecified atom stereocenters. The molecule has 0 fully saturated rings. The van der Waals surface area contributed by atoms with Crippen molar-refractivity contribution in [2.24, 2.45) is 0 Å². The minimum absolute atomic E-state index is 0.